The molecular weight excluding hydrogens is 403 g/mol. The largest absolute Gasteiger partial charge is 0.484 e. The Balaban J connectivity index is 1.48. The number of rotatable bonds is 6. The van der Waals surface area contributed by atoms with Gasteiger partial charge < -0.3 is 14.1 Å². The number of hydrogen-bond donors (Lipinski definition) is 1. The van der Waals surface area contributed by atoms with E-state index in [4.69, 9.17) is 9.15 Å². The van der Waals surface area contributed by atoms with E-state index in [9.17, 15) is 19.2 Å². The van der Waals surface area contributed by atoms with E-state index in [1.165, 1.54) is 24.3 Å². The fourth-order valence-corrected chi connectivity index (χ4v) is 3.36. The number of nitriles is 1. The number of nitrogens with zero attached hydrogens (tertiary/aromatic N) is 3. The minimum atomic E-state index is -0.454. The number of piperazine rings is 1. The van der Waals surface area contributed by atoms with Crippen LogP contribution in [-0.4, -0.2) is 60.4 Å². The molecule has 1 aromatic carbocycles. The van der Waals surface area contributed by atoms with Crippen LogP contribution in [0.2, 0.25) is 0 Å². The van der Waals surface area contributed by atoms with Gasteiger partial charge in [0.25, 0.3) is 5.91 Å². The van der Waals surface area contributed by atoms with Gasteiger partial charge in [-0.1, -0.05) is 0 Å². The van der Waals surface area contributed by atoms with E-state index in [1.54, 1.807) is 25.7 Å². The Morgan fingerprint density at radius 1 is 1.23 bits per heavy atom. The molecule has 0 spiro atoms. The Hall–Kier alpha value is -3.38. The van der Waals surface area contributed by atoms with Crippen molar-refractivity contribution in [3.8, 4) is 11.8 Å². The summed E-state index contributed by atoms with van der Waals surface area (Å²) in [7, 11) is 0. The van der Waals surface area contributed by atoms with Crippen molar-refractivity contribution in [1.29, 1.82) is 5.26 Å². The molecule has 8 nitrogen and oxygen atoms in total. The fourth-order valence-electron chi connectivity index (χ4n) is 3.36. The second-order valence-corrected chi connectivity index (χ2v) is 7.42. The van der Waals surface area contributed by atoms with Crippen molar-refractivity contribution >= 4 is 17.7 Å². The van der Waals surface area contributed by atoms with Crippen molar-refractivity contribution in [2.24, 2.45) is 0 Å². The third kappa shape index (κ3) is 5.22. The van der Waals surface area contributed by atoms with Gasteiger partial charge in [-0.25, -0.2) is 4.39 Å². The van der Waals surface area contributed by atoms with Crippen LogP contribution in [0.15, 0.2) is 28.7 Å². The quantitative estimate of drug-likeness (QED) is 0.759. The molecule has 31 heavy (non-hydrogen) atoms. The Kier molecular flexibility index (Phi) is 6.92. The first kappa shape index (κ1) is 22.3. The SMILES string of the molecule is Cc1oc(NC(=O)C(C)N2CCN(C(=O)COc3ccc(F)cc3)CC2)c(C#N)c1C. The van der Waals surface area contributed by atoms with Crippen molar-refractivity contribution < 1.29 is 23.1 Å². The molecule has 2 amide bonds. The molecule has 9 heteroatoms. The molecule has 1 saturated heterocycles. The monoisotopic (exact) mass is 428 g/mol. The Labute approximate surface area is 180 Å². The lowest BCUT2D eigenvalue weighted by molar-refractivity contribution is -0.135. The second kappa shape index (κ2) is 9.62. The van der Waals surface area contributed by atoms with Crippen LogP contribution < -0.4 is 10.1 Å². The number of aryl methyl sites for hydroxylation is 1. The maximum atomic E-state index is 12.9. The van der Waals surface area contributed by atoms with Crippen molar-refractivity contribution in [2.75, 3.05) is 38.1 Å². The molecule has 2 aromatic rings. The number of benzene rings is 1. The molecule has 0 aliphatic carbocycles. The summed E-state index contributed by atoms with van der Waals surface area (Å²) < 4.78 is 23.8. The van der Waals surface area contributed by atoms with Gasteiger partial charge in [0, 0.05) is 31.7 Å². The number of halogens is 1. The molecule has 3 rings (SSSR count). The highest BCUT2D eigenvalue weighted by molar-refractivity contribution is 5.94. The van der Waals surface area contributed by atoms with E-state index < -0.39 is 6.04 Å². The lowest BCUT2D eigenvalue weighted by Gasteiger charge is -2.37. The van der Waals surface area contributed by atoms with Gasteiger partial charge in [0.2, 0.25) is 11.8 Å². The zero-order chi connectivity index (χ0) is 22.5. The van der Waals surface area contributed by atoms with E-state index in [0.717, 1.165) is 0 Å². The predicted octanol–water partition coefficient (Wildman–Crippen LogP) is 2.46. The van der Waals surface area contributed by atoms with Gasteiger partial charge in [0.15, 0.2) is 6.61 Å². The smallest absolute Gasteiger partial charge is 0.260 e. The van der Waals surface area contributed by atoms with Crippen molar-refractivity contribution in [3.05, 3.63) is 47.0 Å². The molecule has 1 atom stereocenters. The average Bonchev–Trinajstić information content (AvgIpc) is 3.04. The van der Waals surface area contributed by atoms with Crippen LogP contribution in [0.1, 0.15) is 23.8 Å². The summed E-state index contributed by atoms with van der Waals surface area (Å²) in [4.78, 5) is 28.7. The normalized spacial score (nSPS) is 15.3. The molecule has 0 saturated carbocycles. The van der Waals surface area contributed by atoms with Gasteiger partial charge in [0.1, 0.15) is 29.0 Å². The van der Waals surface area contributed by atoms with E-state index in [2.05, 4.69) is 11.4 Å². The van der Waals surface area contributed by atoms with Crippen LogP contribution in [0, 0.1) is 31.0 Å². The summed E-state index contributed by atoms with van der Waals surface area (Å²) in [5, 5.41) is 12.0. The maximum absolute atomic E-state index is 12.9. The third-order valence-corrected chi connectivity index (χ3v) is 5.50. The molecule has 1 aromatic heterocycles. The van der Waals surface area contributed by atoms with E-state index in [1.807, 2.05) is 4.90 Å². The molecule has 0 bridgehead atoms. The summed E-state index contributed by atoms with van der Waals surface area (Å²) in [6.45, 7) is 7.14. The number of anilines is 1. The fraction of sp³-hybridized carbons (Fsp3) is 0.409. The Bertz CT molecular complexity index is 988. The van der Waals surface area contributed by atoms with Gasteiger partial charge >= 0.3 is 0 Å². The van der Waals surface area contributed by atoms with Gasteiger partial charge in [-0.2, -0.15) is 5.26 Å². The zero-order valence-corrected chi connectivity index (χ0v) is 17.8. The lowest BCUT2D eigenvalue weighted by atomic mass is 10.1. The van der Waals surface area contributed by atoms with Gasteiger partial charge in [0.05, 0.1) is 6.04 Å². The summed E-state index contributed by atoms with van der Waals surface area (Å²) in [5.74, 6) is 0.384. The molecule has 0 radical (unpaired) electrons. The molecule has 1 aliphatic heterocycles. The van der Waals surface area contributed by atoms with Gasteiger partial charge in [-0.15, -0.1) is 0 Å². The highest BCUT2D eigenvalue weighted by Gasteiger charge is 2.29. The summed E-state index contributed by atoms with van der Waals surface area (Å²) in [6.07, 6.45) is 0. The minimum absolute atomic E-state index is 0.129. The first-order chi connectivity index (χ1) is 14.8. The molecule has 1 N–H and O–H groups in total. The molecule has 2 heterocycles. The van der Waals surface area contributed by atoms with Crippen LogP contribution >= 0.6 is 0 Å². The van der Waals surface area contributed by atoms with Crippen LogP contribution in [0.5, 0.6) is 5.75 Å². The van der Waals surface area contributed by atoms with E-state index >= 15 is 0 Å². The van der Waals surface area contributed by atoms with E-state index in [-0.39, 0.29) is 30.1 Å². The van der Waals surface area contributed by atoms with Crippen molar-refractivity contribution in [1.82, 2.24) is 9.80 Å². The molecule has 1 unspecified atom stereocenters. The van der Waals surface area contributed by atoms with Crippen LogP contribution in [0.25, 0.3) is 0 Å². The van der Waals surface area contributed by atoms with Gasteiger partial charge in [-0.3, -0.25) is 19.8 Å². The standard InChI is InChI=1S/C22H25FN4O4/c1-14-16(3)31-22(19(14)12-24)25-21(29)15(2)26-8-10-27(11-9-26)20(28)13-30-18-6-4-17(23)5-7-18/h4-7,15H,8-11,13H2,1-3H3,(H,25,29). The summed E-state index contributed by atoms with van der Waals surface area (Å²) >= 11 is 0. The first-order valence-electron chi connectivity index (χ1n) is 10.0. The van der Waals surface area contributed by atoms with Crippen LogP contribution in [0.3, 0.4) is 0 Å². The summed E-state index contributed by atoms with van der Waals surface area (Å²) in [6, 6.07) is 7.10. The number of nitrogens with one attached hydrogen (secondary N) is 1. The third-order valence-electron chi connectivity index (χ3n) is 5.50. The first-order valence-corrected chi connectivity index (χ1v) is 10.0. The van der Waals surface area contributed by atoms with Crippen LogP contribution in [-0.2, 0) is 9.59 Å². The zero-order valence-electron chi connectivity index (χ0n) is 17.8. The number of furan rings is 1. The highest BCUT2D eigenvalue weighted by Crippen LogP contribution is 2.25. The molecule has 164 valence electrons. The molecular formula is C22H25FN4O4. The van der Waals surface area contributed by atoms with E-state index in [0.29, 0.717) is 48.8 Å². The topological polar surface area (TPSA) is 98.8 Å². The molecule has 1 fully saturated rings. The number of carbonyl (C=O) groups is 2. The number of hydrogen-bond acceptors (Lipinski definition) is 6. The molecule has 1 aliphatic rings. The van der Waals surface area contributed by atoms with Crippen molar-refractivity contribution in [2.45, 2.75) is 26.8 Å². The van der Waals surface area contributed by atoms with Crippen LogP contribution in [0.4, 0.5) is 10.3 Å². The predicted molar refractivity (Wildman–Crippen MR) is 111 cm³/mol. The van der Waals surface area contributed by atoms with Crippen molar-refractivity contribution in [3.63, 3.8) is 0 Å². The number of ether oxygens (including phenoxy) is 1. The Morgan fingerprint density at radius 3 is 2.48 bits per heavy atom. The minimum Gasteiger partial charge on any atom is -0.484 e. The highest BCUT2D eigenvalue weighted by atomic mass is 19.1. The summed E-state index contributed by atoms with van der Waals surface area (Å²) in [5.41, 5.74) is 1.04. The number of carbonyl (C=O) groups excluding carboxylic acids is 2. The second-order valence-electron chi connectivity index (χ2n) is 7.42. The Morgan fingerprint density at radius 2 is 1.87 bits per heavy atom. The number of amides is 2. The lowest BCUT2D eigenvalue weighted by Crippen LogP contribution is -2.54. The van der Waals surface area contributed by atoms with Gasteiger partial charge in [-0.05, 0) is 45.0 Å². The average molecular weight is 428 g/mol. The maximum Gasteiger partial charge on any atom is 0.260 e.